The standard InChI is InChI=1S/C12H15BrF3NO/c1-9(6-7-13)17-8-10-2-4-11(5-3-10)18-12(14,15)16/h2-5,9,17H,6-8H2,1H3. The second kappa shape index (κ2) is 6.99. The number of ether oxygens (including phenoxy) is 1. The lowest BCUT2D eigenvalue weighted by Gasteiger charge is -2.13. The molecule has 2 nitrogen and oxygen atoms in total. The zero-order valence-electron chi connectivity index (χ0n) is 9.93. The predicted octanol–water partition coefficient (Wildman–Crippen LogP) is 3.85. The van der Waals surface area contributed by atoms with E-state index < -0.39 is 6.36 Å². The van der Waals surface area contributed by atoms with Gasteiger partial charge in [0.2, 0.25) is 0 Å². The Labute approximate surface area is 113 Å². The average Bonchev–Trinajstić information content (AvgIpc) is 2.26. The van der Waals surface area contributed by atoms with E-state index >= 15 is 0 Å². The van der Waals surface area contributed by atoms with E-state index in [1.54, 1.807) is 12.1 Å². The number of halogens is 4. The first-order valence-corrected chi connectivity index (χ1v) is 6.67. The molecule has 1 aromatic rings. The SMILES string of the molecule is CC(CCBr)NCc1ccc(OC(F)(F)F)cc1. The van der Waals surface area contributed by atoms with Crippen molar-refractivity contribution in [1.29, 1.82) is 0 Å². The molecule has 1 rings (SSSR count). The molecule has 0 amide bonds. The van der Waals surface area contributed by atoms with Crippen molar-refractivity contribution >= 4 is 15.9 Å². The van der Waals surface area contributed by atoms with Crippen LogP contribution in [0.3, 0.4) is 0 Å². The molecule has 1 unspecified atom stereocenters. The minimum absolute atomic E-state index is 0.195. The highest BCUT2D eigenvalue weighted by molar-refractivity contribution is 9.09. The van der Waals surface area contributed by atoms with E-state index in [9.17, 15) is 13.2 Å². The normalized spacial score (nSPS) is 13.4. The third kappa shape index (κ3) is 6.26. The Morgan fingerprint density at radius 2 is 1.89 bits per heavy atom. The van der Waals surface area contributed by atoms with Crippen LogP contribution in [0.1, 0.15) is 18.9 Å². The van der Waals surface area contributed by atoms with Gasteiger partial charge in [0.25, 0.3) is 0 Å². The number of benzene rings is 1. The van der Waals surface area contributed by atoms with Gasteiger partial charge in [0.1, 0.15) is 5.75 Å². The van der Waals surface area contributed by atoms with Gasteiger partial charge in [-0.15, -0.1) is 13.2 Å². The van der Waals surface area contributed by atoms with Crippen LogP contribution < -0.4 is 10.1 Å². The van der Waals surface area contributed by atoms with E-state index in [1.165, 1.54) is 12.1 Å². The summed E-state index contributed by atoms with van der Waals surface area (Å²) in [6, 6.07) is 6.24. The highest BCUT2D eigenvalue weighted by Crippen LogP contribution is 2.22. The Balaban J connectivity index is 2.45. The number of hydrogen-bond donors (Lipinski definition) is 1. The first kappa shape index (κ1) is 15.3. The number of nitrogens with one attached hydrogen (secondary N) is 1. The van der Waals surface area contributed by atoms with Crippen LogP contribution in [0.15, 0.2) is 24.3 Å². The van der Waals surface area contributed by atoms with E-state index in [0.29, 0.717) is 12.6 Å². The maximum Gasteiger partial charge on any atom is 0.573 e. The van der Waals surface area contributed by atoms with Crippen molar-refractivity contribution < 1.29 is 17.9 Å². The molecule has 0 aliphatic heterocycles. The Morgan fingerprint density at radius 1 is 1.28 bits per heavy atom. The van der Waals surface area contributed by atoms with Gasteiger partial charge in [-0.25, -0.2) is 0 Å². The van der Waals surface area contributed by atoms with Gasteiger partial charge >= 0.3 is 6.36 Å². The van der Waals surface area contributed by atoms with Crippen molar-refractivity contribution in [1.82, 2.24) is 5.32 Å². The first-order valence-electron chi connectivity index (χ1n) is 5.55. The molecule has 0 aromatic heterocycles. The second-order valence-corrected chi connectivity index (χ2v) is 4.74. The third-order valence-corrected chi connectivity index (χ3v) is 2.81. The van der Waals surface area contributed by atoms with Crippen molar-refractivity contribution in [3.63, 3.8) is 0 Å². The molecule has 1 N–H and O–H groups in total. The van der Waals surface area contributed by atoms with Crippen molar-refractivity contribution in [2.45, 2.75) is 32.3 Å². The highest BCUT2D eigenvalue weighted by Gasteiger charge is 2.30. The second-order valence-electron chi connectivity index (χ2n) is 3.95. The minimum Gasteiger partial charge on any atom is -0.406 e. The molecule has 18 heavy (non-hydrogen) atoms. The van der Waals surface area contributed by atoms with Crippen molar-refractivity contribution in [3.8, 4) is 5.75 Å². The minimum atomic E-state index is -4.63. The molecule has 0 radical (unpaired) electrons. The summed E-state index contributed by atoms with van der Waals surface area (Å²) in [4.78, 5) is 0. The van der Waals surface area contributed by atoms with Crippen molar-refractivity contribution in [2.75, 3.05) is 5.33 Å². The smallest absolute Gasteiger partial charge is 0.406 e. The molecule has 6 heteroatoms. The van der Waals surface area contributed by atoms with Gasteiger partial charge in [0, 0.05) is 17.9 Å². The highest BCUT2D eigenvalue weighted by atomic mass is 79.9. The molecule has 0 aliphatic carbocycles. The Hall–Kier alpha value is -0.750. The third-order valence-electron chi connectivity index (χ3n) is 2.35. The van der Waals surface area contributed by atoms with Gasteiger partial charge in [-0.2, -0.15) is 0 Å². The van der Waals surface area contributed by atoms with Crippen LogP contribution in [0, 0.1) is 0 Å². The molecule has 0 fully saturated rings. The van der Waals surface area contributed by atoms with Crippen LogP contribution in [-0.4, -0.2) is 17.7 Å². The van der Waals surface area contributed by atoms with Gasteiger partial charge in [0.15, 0.2) is 0 Å². The summed E-state index contributed by atoms with van der Waals surface area (Å²) in [5, 5.41) is 4.19. The topological polar surface area (TPSA) is 21.3 Å². The van der Waals surface area contributed by atoms with Crippen LogP contribution in [0.2, 0.25) is 0 Å². The average molecular weight is 326 g/mol. The van der Waals surface area contributed by atoms with Gasteiger partial charge < -0.3 is 10.1 Å². The molecule has 0 spiro atoms. The lowest BCUT2D eigenvalue weighted by molar-refractivity contribution is -0.274. The molecular formula is C12H15BrF3NO. The van der Waals surface area contributed by atoms with Crippen molar-refractivity contribution in [3.05, 3.63) is 29.8 Å². The van der Waals surface area contributed by atoms with Gasteiger partial charge in [-0.3, -0.25) is 0 Å². The lowest BCUT2D eigenvalue weighted by Crippen LogP contribution is -2.25. The fourth-order valence-electron chi connectivity index (χ4n) is 1.37. The Bertz CT molecular complexity index is 353. The van der Waals surface area contributed by atoms with Gasteiger partial charge in [-0.1, -0.05) is 28.1 Å². The van der Waals surface area contributed by atoms with Gasteiger partial charge in [0.05, 0.1) is 0 Å². The fourth-order valence-corrected chi connectivity index (χ4v) is 2.05. The molecule has 0 saturated carbocycles. The number of alkyl halides is 4. The molecule has 0 bridgehead atoms. The maximum atomic E-state index is 11.9. The number of rotatable bonds is 6. The lowest BCUT2D eigenvalue weighted by atomic mass is 10.2. The van der Waals surface area contributed by atoms with E-state index in [1.807, 2.05) is 0 Å². The van der Waals surface area contributed by atoms with Crippen LogP contribution in [0.5, 0.6) is 5.75 Å². The zero-order valence-corrected chi connectivity index (χ0v) is 11.5. The monoisotopic (exact) mass is 325 g/mol. The van der Waals surface area contributed by atoms with Gasteiger partial charge in [-0.05, 0) is 31.0 Å². The summed E-state index contributed by atoms with van der Waals surface area (Å²) in [5.41, 5.74) is 0.922. The summed E-state index contributed by atoms with van der Waals surface area (Å²) >= 11 is 3.35. The van der Waals surface area contributed by atoms with Crippen molar-refractivity contribution in [2.24, 2.45) is 0 Å². The molecule has 1 aromatic carbocycles. The van der Waals surface area contributed by atoms with E-state index in [2.05, 4.69) is 32.9 Å². The summed E-state index contributed by atoms with van der Waals surface area (Å²) in [5.74, 6) is -0.195. The summed E-state index contributed by atoms with van der Waals surface area (Å²) < 4.78 is 39.6. The van der Waals surface area contributed by atoms with Crippen LogP contribution in [-0.2, 0) is 6.54 Å². The van der Waals surface area contributed by atoms with E-state index in [0.717, 1.165) is 17.3 Å². The zero-order chi connectivity index (χ0) is 13.6. The van der Waals surface area contributed by atoms with Crippen LogP contribution in [0.4, 0.5) is 13.2 Å². The fraction of sp³-hybridized carbons (Fsp3) is 0.500. The number of hydrogen-bond acceptors (Lipinski definition) is 2. The molecular weight excluding hydrogens is 311 g/mol. The van der Waals surface area contributed by atoms with E-state index in [4.69, 9.17) is 0 Å². The summed E-state index contributed by atoms with van der Waals surface area (Å²) in [7, 11) is 0. The van der Waals surface area contributed by atoms with Crippen LogP contribution in [0.25, 0.3) is 0 Å². The predicted molar refractivity (Wildman–Crippen MR) is 67.8 cm³/mol. The molecule has 0 heterocycles. The Morgan fingerprint density at radius 3 is 2.39 bits per heavy atom. The summed E-state index contributed by atoms with van der Waals surface area (Å²) in [6.45, 7) is 2.68. The first-order chi connectivity index (χ1) is 8.40. The quantitative estimate of drug-likeness (QED) is 0.802. The van der Waals surface area contributed by atoms with Crippen LogP contribution >= 0.6 is 15.9 Å². The molecule has 0 saturated heterocycles. The Kier molecular flexibility index (Phi) is 5.95. The summed E-state index contributed by atoms with van der Waals surface area (Å²) in [6.07, 6.45) is -3.64. The molecule has 1 atom stereocenters. The maximum absolute atomic E-state index is 11.9. The largest absolute Gasteiger partial charge is 0.573 e. The molecule has 102 valence electrons. The van der Waals surface area contributed by atoms with E-state index in [-0.39, 0.29) is 5.75 Å². The molecule has 0 aliphatic rings.